The van der Waals surface area contributed by atoms with Gasteiger partial charge < -0.3 is 9.29 Å². The van der Waals surface area contributed by atoms with Crippen LogP contribution in [0.15, 0.2) is 12.5 Å². The molecule has 5 heteroatoms. The molecule has 0 aromatic carbocycles. The summed E-state index contributed by atoms with van der Waals surface area (Å²) >= 11 is -2.17. The van der Waals surface area contributed by atoms with Crippen molar-refractivity contribution in [3.8, 4) is 0 Å². The Morgan fingerprint density at radius 1 is 1.88 bits per heavy atom. The summed E-state index contributed by atoms with van der Waals surface area (Å²) in [6.45, 7) is 0.107. The summed E-state index contributed by atoms with van der Waals surface area (Å²) in [6.07, 6.45) is 2.68. The van der Waals surface area contributed by atoms with E-state index in [4.69, 9.17) is 0 Å². The maximum absolute atomic E-state index is 10.00. The van der Waals surface area contributed by atoms with Gasteiger partial charge in [0.15, 0.2) is 6.73 Å². The largest absolute Gasteiger partial charge is 0.755 e. The van der Waals surface area contributed by atoms with Crippen LogP contribution in [0.4, 0.5) is 0 Å². The van der Waals surface area contributed by atoms with E-state index in [1.165, 1.54) is 12.5 Å². The molecule has 46 valence electrons. The minimum atomic E-state index is -2.17. The third-order valence-corrected chi connectivity index (χ3v) is 1.33. The number of ether oxygens (including phenoxy) is 1. The maximum Gasteiger partial charge on any atom is 0.170 e. The van der Waals surface area contributed by atoms with Crippen LogP contribution < -0.4 is 0 Å². The van der Waals surface area contributed by atoms with Crippen molar-refractivity contribution in [2.24, 2.45) is 0 Å². The van der Waals surface area contributed by atoms with Gasteiger partial charge in [0.2, 0.25) is 0 Å². The van der Waals surface area contributed by atoms with Crippen LogP contribution in [0.1, 0.15) is 0 Å². The van der Waals surface area contributed by atoms with Gasteiger partial charge in [-0.25, -0.2) is 0 Å². The molecule has 0 spiro atoms. The molecule has 1 aliphatic heterocycles. The standard InChI is InChI=1S/C3H5NO3S/c5-8(6)4-1-2-7-3-4/h1-2H,3H2,(H,5,6)/p-1. The highest BCUT2D eigenvalue weighted by molar-refractivity contribution is 7.76. The Labute approximate surface area is 49.2 Å². The van der Waals surface area contributed by atoms with Crippen molar-refractivity contribution >= 4 is 11.3 Å². The van der Waals surface area contributed by atoms with Crippen LogP contribution in [0.25, 0.3) is 0 Å². The first-order chi connectivity index (χ1) is 3.80. The molecule has 4 nitrogen and oxygen atoms in total. The van der Waals surface area contributed by atoms with E-state index in [-0.39, 0.29) is 6.73 Å². The molecule has 0 saturated carbocycles. The smallest absolute Gasteiger partial charge is 0.170 e. The molecular weight excluding hydrogens is 130 g/mol. The molecule has 1 aliphatic rings. The third kappa shape index (κ3) is 0.988. The molecular formula is C3H4NO3S-. The predicted molar refractivity (Wildman–Crippen MR) is 25.9 cm³/mol. The maximum atomic E-state index is 10.00. The summed E-state index contributed by atoms with van der Waals surface area (Å²) < 4.78 is 25.6. The number of rotatable bonds is 1. The number of nitrogens with zero attached hydrogens (tertiary/aromatic N) is 1. The fourth-order valence-electron chi connectivity index (χ4n) is 0.363. The van der Waals surface area contributed by atoms with E-state index in [1.807, 2.05) is 0 Å². The Morgan fingerprint density at radius 2 is 2.62 bits per heavy atom. The van der Waals surface area contributed by atoms with Crippen LogP contribution in [-0.2, 0) is 16.0 Å². The first-order valence-corrected chi connectivity index (χ1v) is 2.98. The Bertz CT molecular complexity index is 134. The van der Waals surface area contributed by atoms with Crippen molar-refractivity contribution in [2.45, 2.75) is 0 Å². The quantitative estimate of drug-likeness (QED) is 0.456. The zero-order chi connectivity index (χ0) is 5.98. The van der Waals surface area contributed by atoms with Gasteiger partial charge in [-0.15, -0.1) is 0 Å². The van der Waals surface area contributed by atoms with E-state index in [9.17, 15) is 8.76 Å². The van der Waals surface area contributed by atoms with Gasteiger partial charge in [-0.05, 0) is 0 Å². The van der Waals surface area contributed by atoms with Gasteiger partial charge in [0.05, 0.1) is 6.20 Å². The highest BCUT2D eigenvalue weighted by atomic mass is 32.2. The molecule has 1 heterocycles. The van der Waals surface area contributed by atoms with Crippen LogP contribution in [0.2, 0.25) is 0 Å². The van der Waals surface area contributed by atoms with Gasteiger partial charge in [-0.2, -0.15) is 0 Å². The van der Waals surface area contributed by atoms with Crippen molar-refractivity contribution in [1.82, 2.24) is 4.31 Å². The van der Waals surface area contributed by atoms with Crippen molar-refractivity contribution in [1.29, 1.82) is 0 Å². The van der Waals surface area contributed by atoms with Gasteiger partial charge in [-0.1, -0.05) is 0 Å². The summed E-state index contributed by atoms with van der Waals surface area (Å²) in [7, 11) is 0. The molecule has 0 fully saturated rings. The van der Waals surface area contributed by atoms with Crippen LogP contribution in [0.5, 0.6) is 0 Å². The Balaban J connectivity index is 2.48. The van der Waals surface area contributed by atoms with Crippen molar-refractivity contribution in [3.63, 3.8) is 0 Å². The van der Waals surface area contributed by atoms with Crippen LogP contribution in [0, 0.1) is 0 Å². The lowest BCUT2D eigenvalue weighted by molar-refractivity contribution is 0.218. The van der Waals surface area contributed by atoms with Gasteiger partial charge in [0, 0.05) is 11.3 Å². The lowest BCUT2D eigenvalue weighted by Crippen LogP contribution is -2.17. The van der Waals surface area contributed by atoms with E-state index in [1.54, 1.807) is 0 Å². The summed E-state index contributed by atoms with van der Waals surface area (Å²) in [5.74, 6) is 0. The molecule has 0 aromatic rings. The monoisotopic (exact) mass is 134 g/mol. The summed E-state index contributed by atoms with van der Waals surface area (Å²) in [4.78, 5) is 0. The lowest BCUT2D eigenvalue weighted by Gasteiger charge is -2.14. The molecule has 0 amide bonds. The predicted octanol–water partition coefficient (Wildman–Crippen LogP) is -0.459. The van der Waals surface area contributed by atoms with Crippen molar-refractivity contribution in [2.75, 3.05) is 6.73 Å². The Hall–Kier alpha value is -0.550. The van der Waals surface area contributed by atoms with Crippen LogP contribution in [0.3, 0.4) is 0 Å². The van der Waals surface area contributed by atoms with Gasteiger partial charge >= 0.3 is 0 Å². The summed E-state index contributed by atoms with van der Waals surface area (Å²) in [5, 5.41) is 0. The van der Waals surface area contributed by atoms with E-state index in [0.717, 1.165) is 4.31 Å². The molecule has 1 atom stereocenters. The first-order valence-electron chi connectivity index (χ1n) is 1.95. The molecule has 8 heavy (non-hydrogen) atoms. The summed E-state index contributed by atoms with van der Waals surface area (Å²) in [5.41, 5.74) is 0. The highest BCUT2D eigenvalue weighted by Crippen LogP contribution is 2.00. The van der Waals surface area contributed by atoms with Gasteiger partial charge in [0.1, 0.15) is 6.26 Å². The minimum absolute atomic E-state index is 0.107. The fourth-order valence-corrected chi connectivity index (χ4v) is 0.659. The minimum Gasteiger partial charge on any atom is -0.755 e. The third-order valence-electron chi connectivity index (χ3n) is 0.717. The molecule has 0 aliphatic carbocycles. The molecule has 0 radical (unpaired) electrons. The highest BCUT2D eigenvalue weighted by Gasteiger charge is 2.02. The molecule has 1 rings (SSSR count). The second-order valence-electron chi connectivity index (χ2n) is 1.22. The Kier molecular flexibility index (Phi) is 1.50. The second kappa shape index (κ2) is 2.15. The normalized spacial score (nSPS) is 20.9. The van der Waals surface area contributed by atoms with Crippen LogP contribution >= 0.6 is 0 Å². The van der Waals surface area contributed by atoms with Crippen molar-refractivity contribution < 1.29 is 13.5 Å². The topological polar surface area (TPSA) is 52.6 Å². The summed E-state index contributed by atoms with van der Waals surface area (Å²) in [6, 6.07) is 0. The number of hydrogen-bond acceptors (Lipinski definition) is 3. The van der Waals surface area contributed by atoms with E-state index in [0.29, 0.717) is 0 Å². The van der Waals surface area contributed by atoms with Gasteiger partial charge in [0.25, 0.3) is 0 Å². The fraction of sp³-hybridized carbons (Fsp3) is 0.333. The molecule has 0 saturated heterocycles. The SMILES string of the molecule is O=S([O-])N1C=COC1. The average Bonchev–Trinajstić information content (AvgIpc) is 2.12. The van der Waals surface area contributed by atoms with E-state index in [2.05, 4.69) is 4.74 Å². The van der Waals surface area contributed by atoms with E-state index < -0.39 is 11.3 Å². The first kappa shape index (κ1) is 5.58. The zero-order valence-electron chi connectivity index (χ0n) is 3.94. The van der Waals surface area contributed by atoms with Gasteiger partial charge in [-0.3, -0.25) is 8.51 Å². The van der Waals surface area contributed by atoms with Crippen LogP contribution in [-0.4, -0.2) is 19.8 Å². The average molecular weight is 134 g/mol. The molecule has 0 bridgehead atoms. The van der Waals surface area contributed by atoms with E-state index >= 15 is 0 Å². The Morgan fingerprint density at radius 3 is 2.88 bits per heavy atom. The molecule has 0 aromatic heterocycles. The second-order valence-corrected chi connectivity index (χ2v) is 2.12. The van der Waals surface area contributed by atoms with Crippen molar-refractivity contribution in [3.05, 3.63) is 12.5 Å². The zero-order valence-corrected chi connectivity index (χ0v) is 4.76. The molecule has 0 N–H and O–H groups in total. The molecule has 1 unspecified atom stereocenters. The number of hydrogen-bond donors (Lipinski definition) is 0. The lowest BCUT2D eigenvalue weighted by atomic mass is 11.0.